The molecule has 2 aromatic rings. The SMILES string of the molecule is Cc1n[nH]c(C)c1CNC(=O)N1CCOC(C)(c2cnn(C)c2)C1. The number of urea groups is 1. The van der Waals surface area contributed by atoms with E-state index >= 15 is 0 Å². The maximum Gasteiger partial charge on any atom is 0.317 e. The molecule has 8 nitrogen and oxygen atoms in total. The van der Waals surface area contributed by atoms with Crippen LogP contribution < -0.4 is 5.32 Å². The number of hydrogen-bond acceptors (Lipinski definition) is 4. The summed E-state index contributed by atoms with van der Waals surface area (Å²) in [6.07, 6.45) is 3.72. The Balaban J connectivity index is 1.65. The molecular formula is C16H24N6O2. The van der Waals surface area contributed by atoms with Gasteiger partial charge in [0.05, 0.1) is 25.0 Å². The lowest BCUT2D eigenvalue weighted by molar-refractivity contribution is -0.0907. The third-order valence-corrected chi connectivity index (χ3v) is 4.57. The largest absolute Gasteiger partial charge is 0.367 e. The van der Waals surface area contributed by atoms with Gasteiger partial charge < -0.3 is 15.0 Å². The van der Waals surface area contributed by atoms with Crippen molar-refractivity contribution in [1.82, 2.24) is 30.2 Å². The molecule has 0 aromatic carbocycles. The molecule has 1 atom stereocenters. The number of amides is 2. The molecule has 0 radical (unpaired) electrons. The number of nitrogens with one attached hydrogen (secondary N) is 2. The van der Waals surface area contributed by atoms with Crippen molar-refractivity contribution in [2.75, 3.05) is 19.7 Å². The van der Waals surface area contributed by atoms with Crippen LogP contribution in [0.5, 0.6) is 0 Å². The number of H-pyrrole nitrogens is 1. The number of morpholine rings is 1. The Morgan fingerprint density at radius 2 is 2.29 bits per heavy atom. The van der Waals surface area contributed by atoms with Gasteiger partial charge in [0.1, 0.15) is 5.60 Å². The highest BCUT2D eigenvalue weighted by molar-refractivity contribution is 5.74. The number of aromatic amines is 1. The van der Waals surface area contributed by atoms with Gasteiger partial charge in [0.2, 0.25) is 0 Å². The second-order valence-corrected chi connectivity index (χ2v) is 6.47. The Bertz CT molecular complexity index is 717. The van der Waals surface area contributed by atoms with Crippen LogP contribution in [0.15, 0.2) is 12.4 Å². The molecular weight excluding hydrogens is 308 g/mol. The fraction of sp³-hybridized carbons (Fsp3) is 0.562. The van der Waals surface area contributed by atoms with Gasteiger partial charge in [0.15, 0.2) is 0 Å². The third-order valence-electron chi connectivity index (χ3n) is 4.57. The molecule has 8 heteroatoms. The molecule has 3 heterocycles. The lowest BCUT2D eigenvalue weighted by atomic mass is 9.97. The zero-order valence-electron chi connectivity index (χ0n) is 14.6. The van der Waals surface area contributed by atoms with Crippen LogP contribution in [0.25, 0.3) is 0 Å². The summed E-state index contributed by atoms with van der Waals surface area (Å²) >= 11 is 0. The first-order valence-corrected chi connectivity index (χ1v) is 8.05. The summed E-state index contributed by atoms with van der Waals surface area (Å²) in [5.41, 5.74) is 3.37. The monoisotopic (exact) mass is 332 g/mol. The number of hydrogen-bond donors (Lipinski definition) is 2. The van der Waals surface area contributed by atoms with Crippen molar-refractivity contribution in [2.45, 2.75) is 32.9 Å². The smallest absolute Gasteiger partial charge is 0.317 e. The van der Waals surface area contributed by atoms with E-state index in [-0.39, 0.29) is 6.03 Å². The predicted octanol–water partition coefficient (Wildman–Crippen LogP) is 1.22. The highest BCUT2D eigenvalue weighted by atomic mass is 16.5. The maximum atomic E-state index is 12.5. The molecule has 1 fully saturated rings. The van der Waals surface area contributed by atoms with Crippen molar-refractivity contribution in [3.63, 3.8) is 0 Å². The molecule has 0 bridgehead atoms. The van der Waals surface area contributed by atoms with E-state index in [1.807, 2.05) is 34.0 Å². The van der Waals surface area contributed by atoms with Crippen LogP contribution in [0.4, 0.5) is 4.79 Å². The van der Waals surface area contributed by atoms with Crippen LogP contribution in [-0.2, 0) is 23.9 Å². The first kappa shape index (κ1) is 16.5. The summed E-state index contributed by atoms with van der Waals surface area (Å²) in [4.78, 5) is 14.3. The quantitative estimate of drug-likeness (QED) is 0.884. The Kier molecular flexibility index (Phi) is 4.31. The highest BCUT2D eigenvalue weighted by Gasteiger charge is 2.36. The van der Waals surface area contributed by atoms with E-state index in [0.717, 1.165) is 22.5 Å². The first-order valence-electron chi connectivity index (χ1n) is 8.05. The second kappa shape index (κ2) is 6.27. The minimum Gasteiger partial charge on any atom is -0.367 e. The van der Waals surface area contributed by atoms with Crippen molar-refractivity contribution in [2.24, 2.45) is 7.05 Å². The molecule has 1 unspecified atom stereocenters. The number of aryl methyl sites for hydroxylation is 3. The van der Waals surface area contributed by atoms with E-state index in [0.29, 0.717) is 26.2 Å². The van der Waals surface area contributed by atoms with E-state index in [4.69, 9.17) is 4.74 Å². The normalized spacial score (nSPS) is 21.1. The molecule has 2 aromatic heterocycles. The van der Waals surface area contributed by atoms with Crippen LogP contribution in [0.3, 0.4) is 0 Å². The van der Waals surface area contributed by atoms with E-state index in [2.05, 4.69) is 20.6 Å². The molecule has 2 amide bonds. The average Bonchev–Trinajstić information content (AvgIpc) is 3.12. The van der Waals surface area contributed by atoms with Gasteiger partial charge in [0, 0.05) is 43.2 Å². The van der Waals surface area contributed by atoms with Crippen molar-refractivity contribution in [1.29, 1.82) is 0 Å². The predicted molar refractivity (Wildman–Crippen MR) is 88.4 cm³/mol. The average molecular weight is 332 g/mol. The minimum atomic E-state index is -0.536. The number of nitrogens with zero attached hydrogens (tertiary/aromatic N) is 4. The van der Waals surface area contributed by atoms with E-state index < -0.39 is 5.60 Å². The highest BCUT2D eigenvalue weighted by Crippen LogP contribution is 2.29. The van der Waals surface area contributed by atoms with Crippen LogP contribution in [0, 0.1) is 13.8 Å². The van der Waals surface area contributed by atoms with Gasteiger partial charge in [-0.1, -0.05) is 0 Å². The summed E-state index contributed by atoms with van der Waals surface area (Å²) in [6, 6.07) is -0.0894. The van der Waals surface area contributed by atoms with Gasteiger partial charge in [-0.15, -0.1) is 0 Å². The van der Waals surface area contributed by atoms with Crippen molar-refractivity contribution < 1.29 is 9.53 Å². The molecule has 0 spiro atoms. The van der Waals surface area contributed by atoms with Gasteiger partial charge >= 0.3 is 6.03 Å². The van der Waals surface area contributed by atoms with Crippen LogP contribution in [0.2, 0.25) is 0 Å². The molecule has 1 aliphatic rings. The lowest BCUT2D eigenvalue weighted by Crippen LogP contribution is -2.53. The number of ether oxygens (including phenoxy) is 1. The third kappa shape index (κ3) is 3.14. The first-order chi connectivity index (χ1) is 11.4. The molecule has 3 rings (SSSR count). The zero-order valence-corrected chi connectivity index (χ0v) is 14.6. The van der Waals surface area contributed by atoms with Crippen molar-refractivity contribution >= 4 is 6.03 Å². The summed E-state index contributed by atoms with van der Waals surface area (Å²) in [5, 5.41) is 14.3. The Morgan fingerprint density at radius 3 is 2.92 bits per heavy atom. The van der Waals surface area contributed by atoms with E-state index in [1.165, 1.54) is 0 Å². The summed E-state index contributed by atoms with van der Waals surface area (Å²) in [7, 11) is 1.87. The number of carbonyl (C=O) groups is 1. The standard InChI is InChI=1S/C16H24N6O2/c1-11-14(12(2)20-19-11)8-17-15(23)22-5-6-24-16(3,10-22)13-7-18-21(4)9-13/h7,9H,5-6,8,10H2,1-4H3,(H,17,23)(H,19,20). The summed E-state index contributed by atoms with van der Waals surface area (Å²) in [5.74, 6) is 0. The van der Waals surface area contributed by atoms with Gasteiger partial charge in [-0.3, -0.25) is 9.78 Å². The number of aromatic nitrogens is 4. The summed E-state index contributed by atoms with van der Waals surface area (Å²) < 4.78 is 7.69. The Labute approximate surface area is 141 Å². The van der Waals surface area contributed by atoms with Gasteiger partial charge in [-0.25, -0.2) is 4.79 Å². The van der Waals surface area contributed by atoms with Crippen LogP contribution in [0.1, 0.15) is 29.4 Å². The van der Waals surface area contributed by atoms with Gasteiger partial charge in [-0.05, 0) is 20.8 Å². The minimum absolute atomic E-state index is 0.0894. The summed E-state index contributed by atoms with van der Waals surface area (Å²) in [6.45, 7) is 7.91. The Morgan fingerprint density at radius 1 is 1.50 bits per heavy atom. The maximum absolute atomic E-state index is 12.5. The molecule has 1 aliphatic heterocycles. The molecule has 2 N–H and O–H groups in total. The zero-order chi connectivity index (χ0) is 17.3. The molecule has 0 aliphatic carbocycles. The fourth-order valence-electron chi connectivity index (χ4n) is 3.02. The van der Waals surface area contributed by atoms with Gasteiger partial charge in [-0.2, -0.15) is 10.2 Å². The molecule has 130 valence electrons. The lowest BCUT2D eigenvalue weighted by Gasteiger charge is -2.40. The van der Waals surface area contributed by atoms with E-state index in [9.17, 15) is 4.79 Å². The van der Waals surface area contributed by atoms with Gasteiger partial charge in [0.25, 0.3) is 0 Å². The molecule has 0 saturated carbocycles. The van der Waals surface area contributed by atoms with Crippen molar-refractivity contribution in [3.05, 3.63) is 34.9 Å². The van der Waals surface area contributed by atoms with Crippen LogP contribution in [-0.4, -0.2) is 50.6 Å². The topological polar surface area (TPSA) is 88.1 Å². The van der Waals surface area contributed by atoms with Crippen LogP contribution >= 0.6 is 0 Å². The number of carbonyl (C=O) groups excluding carboxylic acids is 1. The molecule has 24 heavy (non-hydrogen) atoms. The second-order valence-electron chi connectivity index (χ2n) is 6.47. The number of rotatable bonds is 3. The Hall–Kier alpha value is -2.35. The molecule has 1 saturated heterocycles. The van der Waals surface area contributed by atoms with Crippen molar-refractivity contribution in [3.8, 4) is 0 Å². The van der Waals surface area contributed by atoms with E-state index in [1.54, 1.807) is 15.8 Å². The fourth-order valence-corrected chi connectivity index (χ4v) is 3.02.